The minimum atomic E-state index is 0.129. The first-order chi connectivity index (χ1) is 9.74. The molecule has 0 radical (unpaired) electrons. The van der Waals surface area contributed by atoms with Crippen LogP contribution in [0.3, 0.4) is 0 Å². The fourth-order valence-corrected chi connectivity index (χ4v) is 3.20. The van der Waals surface area contributed by atoms with Crippen LogP contribution in [0.2, 0.25) is 10.4 Å². The van der Waals surface area contributed by atoms with Crippen LogP contribution in [-0.4, -0.2) is 19.9 Å². The lowest BCUT2D eigenvalue weighted by atomic mass is 9.90. The monoisotopic (exact) mass is 310 g/mol. The van der Waals surface area contributed by atoms with Crippen molar-refractivity contribution >= 4 is 34.2 Å². The van der Waals surface area contributed by atoms with Crippen LogP contribution in [0.25, 0.3) is 11.0 Å². The lowest BCUT2D eigenvalue weighted by Gasteiger charge is -2.18. The van der Waals surface area contributed by atoms with Crippen molar-refractivity contribution < 1.29 is 0 Å². The molecule has 4 nitrogen and oxygen atoms in total. The SMILES string of the molecule is Clc1nc(Cl)c2cnc(C3CCCCCCC3)nc2n1. The second kappa shape index (κ2) is 6.19. The summed E-state index contributed by atoms with van der Waals surface area (Å²) < 4.78 is 0. The van der Waals surface area contributed by atoms with Crippen molar-refractivity contribution in [1.82, 2.24) is 19.9 Å². The molecule has 1 saturated carbocycles. The van der Waals surface area contributed by atoms with Gasteiger partial charge in [0.05, 0.1) is 5.39 Å². The maximum atomic E-state index is 6.03. The summed E-state index contributed by atoms with van der Waals surface area (Å²) in [5, 5.41) is 1.10. The molecular formula is C14H16Cl2N4. The van der Waals surface area contributed by atoms with Gasteiger partial charge in [-0.3, -0.25) is 0 Å². The Morgan fingerprint density at radius 3 is 2.35 bits per heavy atom. The van der Waals surface area contributed by atoms with Crippen LogP contribution in [0, 0.1) is 0 Å². The van der Waals surface area contributed by atoms with Crippen molar-refractivity contribution in [1.29, 1.82) is 0 Å². The van der Waals surface area contributed by atoms with Gasteiger partial charge in [-0.25, -0.2) is 15.0 Å². The maximum absolute atomic E-state index is 6.03. The molecule has 6 heteroatoms. The van der Waals surface area contributed by atoms with Gasteiger partial charge in [0, 0.05) is 12.1 Å². The van der Waals surface area contributed by atoms with Crippen LogP contribution in [0.4, 0.5) is 0 Å². The highest BCUT2D eigenvalue weighted by atomic mass is 35.5. The van der Waals surface area contributed by atoms with Gasteiger partial charge in [0.2, 0.25) is 5.28 Å². The average molecular weight is 311 g/mol. The fraction of sp³-hybridized carbons (Fsp3) is 0.571. The van der Waals surface area contributed by atoms with E-state index in [1.807, 2.05) is 0 Å². The van der Waals surface area contributed by atoms with Gasteiger partial charge >= 0.3 is 0 Å². The number of nitrogens with zero attached hydrogens (tertiary/aromatic N) is 4. The third-order valence-corrected chi connectivity index (χ3v) is 4.33. The Labute approximate surface area is 128 Å². The van der Waals surface area contributed by atoms with E-state index in [0.717, 1.165) is 18.7 Å². The van der Waals surface area contributed by atoms with E-state index in [1.165, 1.54) is 32.1 Å². The highest BCUT2D eigenvalue weighted by Crippen LogP contribution is 2.30. The van der Waals surface area contributed by atoms with Crippen molar-refractivity contribution in [3.05, 3.63) is 22.5 Å². The summed E-state index contributed by atoms with van der Waals surface area (Å²) in [6.07, 6.45) is 10.5. The second-order valence-electron chi connectivity index (χ2n) is 5.29. The van der Waals surface area contributed by atoms with Crippen LogP contribution in [0.1, 0.15) is 56.7 Å². The van der Waals surface area contributed by atoms with Gasteiger partial charge in [0.1, 0.15) is 11.0 Å². The predicted molar refractivity (Wildman–Crippen MR) is 80.2 cm³/mol. The predicted octanol–water partition coefficient (Wildman–Crippen LogP) is 4.55. The highest BCUT2D eigenvalue weighted by molar-refractivity contribution is 6.35. The molecule has 0 aromatic carbocycles. The summed E-state index contributed by atoms with van der Waals surface area (Å²) in [5.74, 6) is 1.29. The van der Waals surface area contributed by atoms with E-state index in [9.17, 15) is 0 Å². The number of rotatable bonds is 1. The molecule has 2 aromatic rings. The molecule has 2 aromatic heterocycles. The molecule has 3 rings (SSSR count). The average Bonchev–Trinajstić information content (AvgIpc) is 2.37. The molecular weight excluding hydrogens is 295 g/mol. The maximum Gasteiger partial charge on any atom is 0.225 e. The van der Waals surface area contributed by atoms with Gasteiger partial charge < -0.3 is 0 Å². The Balaban J connectivity index is 1.94. The zero-order chi connectivity index (χ0) is 13.9. The molecule has 0 saturated heterocycles. The minimum absolute atomic E-state index is 0.129. The molecule has 0 aliphatic heterocycles. The van der Waals surface area contributed by atoms with Crippen molar-refractivity contribution in [2.24, 2.45) is 0 Å². The van der Waals surface area contributed by atoms with Crippen LogP contribution >= 0.6 is 23.2 Å². The number of halogens is 2. The van der Waals surface area contributed by atoms with Crippen molar-refractivity contribution in [3.63, 3.8) is 0 Å². The first kappa shape index (κ1) is 14.0. The largest absolute Gasteiger partial charge is 0.240 e. The lowest BCUT2D eigenvalue weighted by Crippen LogP contribution is -2.07. The Kier molecular flexibility index (Phi) is 4.32. The van der Waals surface area contributed by atoms with Crippen LogP contribution in [0.15, 0.2) is 6.20 Å². The first-order valence-electron chi connectivity index (χ1n) is 7.10. The van der Waals surface area contributed by atoms with Gasteiger partial charge in [0.25, 0.3) is 0 Å². The van der Waals surface area contributed by atoms with Gasteiger partial charge in [-0.15, -0.1) is 0 Å². The van der Waals surface area contributed by atoms with E-state index < -0.39 is 0 Å². The normalized spacial score (nSPS) is 17.9. The molecule has 0 bridgehead atoms. The van der Waals surface area contributed by atoms with Gasteiger partial charge in [-0.1, -0.05) is 43.7 Å². The fourth-order valence-electron chi connectivity index (χ4n) is 2.78. The van der Waals surface area contributed by atoms with Crippen LogP contribution < -0.4 is 0 Å². The van der Waals surface area contributed by atoms with Gasteiger partial charge in [-0.2, -0.15) is 4.98 Å². The highest BCUT2D eigenvalue weighted by Gasteiger charge is 2.17. The molecule has 0 amide bonds. The van der Waals surface area contributed by atoms with E-state index in [-0.39, 0.29) is 5.28 Å². The standard InChI is InChI=1S/C14H16Cl2N4/c15-11-10-8-17-12(19-13(10)20-14(16)18-11)9-6-4-2-1-3-5-7-9/h8-9H,1-7H2. The molecule has 0 atom stereocenters. The minimum Gasteiger partial charge on any atom is -0.240 e. The second-order valence-corrected chi connectivity index (χ2v) is 5.99. The quantitative estimate of drug-likeness (QED) is 0.572. The van der Waals surface area contributed by atoms with E-state index in [1.54, 1.807) is 6.20 Å². The molecule has 106 valence electrons. The summed E-state index contributed by atoms with van der Waals surface area (Å²) in [7, 11) is 0. The van der Waals surface area contributed by atoms with E-state index in [2.05, 4.69) is 19.9 Å². The molecule has 0 spiro atoms. The summed E-state index contributed by atoms with van der Waals surface area (Å²) in [6, 6.07) is 0. The molecule has 0 unspecified atom stereocenters. The zero-order valence-corrected chi connectivity index (χ0v) is 12.7. The lowest BCUT2D eigenvalue weighted by molar-refractivity contribution is 0.443. The summed E-state index contributed by atoms with van der Waals surface area (Å²) in [4.78, 5) is 17.1. The molecule has 1 aliphatic rings. The van der Waals surface area contributed by atoms with Gasteiger partial charge in [-0.05, 0) is 24.4 Å². The van der Waals surface area contributed by atoms with E-state index in [4.69, 9.17) is 23.2 Å². The topological polar surface area (TPSA) is 51.6 Å². The molecule has 20 heavy (non-hydrogen) atoms. The summed E-state index contributed by atoms with van der Waals surface area (Å²) >= 11 is 11.9. The summed E-state index contributed by atoms with van der Waals surface area (Å²) in [5.41, 5.74) is 0.544. The smallest absolute Gasteiger partial charge is 0.225 e. The van der Waals surface area contributed by atoms with Crippen molar-refractivity contribution in [2.75, 3.05) is 0 Å². The summed E-state index contributed by atoms with van der Waals surface area (Å²) in [6.45, 7) is 0. The Morgan fingerprint density at radius 1 is 0.900 bits per heavy atom. The Bertz CT molecular complexity index is 609. The Morgan fingerprint density at radius 2 is 1.60 bits per heavy atom. The van der Waals surface area contributed by atoms with Crippen LogP contribution in [0.5, 0.6) is 0 Å². The Hall–Kier alpha value is -1.00. The first-order valence-corrected chi connectivity index (χ1v) is 7.85. The van der Waals surface area contributed by atoms with Crippen molar-refractivity contribution in [2.45, 2.75) is 50.9 Å². The zero-order valence-electron chi connectivity index (χ0n) is 11.1. The third kappa shape index (κ3) is 3.01. The van der Waals surface area contributed by atoms with Crippen LogP contribution in [-0.2, 0) is 0 Å². The van der Waals surface area contributed by atoms with Crippen molar-refractivity contribution in [3.8, 4) is 0 Å². The number of hydrogen-bond donors (Lipinski definition) is 0. The van der Waals surface area contributed by atoms with E-state index in [0.29, 0.717) is 22.1 Å². The third-order valence-electron chi connectivity index (χ3n) is 3.87. The molecule has 1 aliphatic carbocycles. The van der Waals surface area contributed by atoms with E-state index >= 15 is 0 Å². The molecule has 1 fully saturated rings. The number of aromatic nitrogens is 4. The number of hydrogen-bond acceptors (Lipinski definition) is 4. The number of fused-ring (bicyclic) bond motifs is 1. The molecule has 0 N–H and O–H groups in total. The van der Waals surface area contributed by atoms with Gasteiger partial charge in [0.15, 0.2) is 5.65 Å². The molecule has 2 heterocycles.